The number of nitrogens with one attached hydrogen (secondary N) is 1. The molecule has 0 spiro atoms. The van der Waals surface area contributed by atoms with Crippen molar-refractivity contribution >= 4 is 0 Å². The van der Waals surface area contributed by atoms with Crippen molar-refractivity contribution in [1.82, 2.24) is 25.2 Å². The molecule has 0 unspecified atom stereocenters. The molecule has 0 aliphatic heterocycles. The summed E-state index contributed by atoms with van der Waals surface area (Å²) in [4.78, 5) is 11.4. The Balaban J connectivity index is 1.64. The molecule has 128 valence electrons. The Hall–Kier alpha value is -3.54. The van der Waals surface area contributed by atoms with Gasteiger partial charge in [-0.3, -0.25) is 4.79 Å². The molecule has 0 amide bonds. The molecule has 4 aromatic rings. The maximum absolute atomic E-state index is 11.4. The van der Waals surface area contributed by atoms with Crippen LogP contribution in [0.1, 0.15) is 11.3 Å². The lowest BCUT2D eigenvalue weighted by Crippen LogP contribution is -2.09. The zero-order valence-corrected chi connectivity index (χ0v) is 14.3. The third-order valence-electron chi connectivity index (χ3n) is 4.37. The van der Waals surface area contributed by atoms with Crippen molar-refractivity contribution < 1.29 is 0 Å². The standard InChI is InChI=1S/C20H17N5O/c1-14-12-17(26)10-11-25(14)13-15-6-8-16(9-7-15)18-4-2-3-5-19(18)20-21-23-24-22-20/h2-12H,13H2,1H3,(H,21,22,23,24). The van der Waals surface area contributed by atoms with Crippen LogP contribution in [0, 0.1) is 6.92 Å². The summed E-state index contributed by atoms with van der Waals surface area (Å²) in [5, 5.41) is 14.2. The number of rotatable bonds is 4. The van der Waals surface area contributed by atoms with Gasteiger partial charge in [-0.05, 0) is 34.0 Å². The van der Waals surface area contributed by atoms with Gasteiger partial charge in [-0.15, -0.1) is 5.10 Å². The van der Waals surface area contributed by atoms with Gasteiger partial charge >= 0.3 is 0 Å². The van der Waals surface area contributed by atoms with Crippen LogP contribution >= 0.6 is 0 Å². The highest BCUT2D eigenvalue weighted by Gasteiger charge is 2.10. The second kappa shape index (κ2) is 6.76. The van der Waals surface area contributed by atoms with E-state index in [1.165, 1.54) is 5.56 Å². The minimum atomic E-state index is 0.0348. The van der Waals surface area contributed by atoms with Crippen LogP contribution in [0.15, 0.2) is 71.7 Å². The van der Waals surface area contributed by atoms with Gasteiger partial charge in [0, 0.05) is 36.1 Å². The number of hydrogen-bond acceptors (Lipinski definition) is 4. The molecule has 0 radical (unpaired) electrons. The molecule has 0 atom stereocenters. The highest BCUT2D eigenvalue weighted by atomic mass is 16.1. The summed E-state index contributed by atoms with van der Waals surface area (Å²) in [6, 6.07) is 19.6. The number of tetrazole rings is 1. The Morgan fingerprint density at radius 1 is 1.00 bits per heavy atom. The lowest BCUT2D eigenvalue weighted by molar-refractivity contribution is 0.757. The second-order valence-corrected chi connectivity index (χ2v) is 6.12. The van der Waals surface area contributed by atoms with E-state index in [9.17, 15) is 4.79 Å². The second-order valence-electron chi connectivity index (χ2n) is 6.12. The number of aromatic nitrogens is 5. The molecule has 0 aliphatic rings. The summed E-state index contributed by atoms with van der Waals surface area (Å²) in [6.45, 7) is 2.66. The largest absolute Gasteiger partial charge is 0.347 e. The highest BCUT2D eigenvalue weighted by molar-refractivity contribution is 5.80. The molecule has 0 saturated carbocycles. The van der Waals surface area contributed by atoms with Crippen molar-refractivity contribution in [2.24, 2.45) is 0 Å². The summed E-state index contributed by atoms with van der Waals surface area (Å²) < 4.78 is 2.06. The van der Waals surface area contributed by atoms with Crippen molar-refractivity contribution in [3.63, 3.8) is 0 Å². The van der Waals surface area contributed by atoms with Gasteiger partial charge in [-0.2, -0.15) is 0 Å². The van der Waals surface area contributed by atoms with Gasteiger partial charge in [-0.25, -0.2) is 5.10 Å². The van der Waals surface area contributed by atoms with E-state index in [-0.39, 0.29) is 5.43 Å². The maximum Gasteiger partial charge on any atom is 0.181 e. The predicted octanol–water partition coefficient (Wildman–Crippen LogP) is 3.05. The highest BCUT2D eigenvalue weighted by Crippen LogP contribution is 2.29. The molecule has 0 aliphatic carbocycles. The topological polar surface area (TPSA) is 76.5 Å². The average Bonchev–Trinajstić information content (AvgIpc) is 3.19. The summed E-state index contributed by atoms with van der Waals surface area (Å²) >= 11 is 0. The van der Waals surface area contributed by atoms with Gasteiger partial charge in [0.05, 0.1) is 0 Å². The Morgan fingerprint density at radius 2 is 1.77 bits per heavy atom. The summed E-state index contributed by atoms with van der Waals surface area (Å²) in [7, 11) is 0. The van der Waals surface area contributed by atoms with Crippen molar-refractivity contribution in [2.75, 3.05) is 0 Å². The molecule has 2 heterocycles. The zero-order chi connectivity index (χ0) is 17.9. The molecular weight excluding hydrogens is 326 g/mol. The van der Waals surface area contributed by atoms with Crippen molar-refractivity contribution in [2.45, 2.75) is 13.5 Å². The maximum atomic E-state index is 11.4. The van der Waals surface area contributed by atoms with Gasteiger partial charge in [0.15, 0.2) is 11.3 Å². The third kappa shape index (κ3) is 3.17. The van der Waals surface area contributed by atoms with Crippen LogP contribution in [0.3, 0.4) is 0 Å². The van der Waals surface area contributed by atoms with E-state index in [1.807, 2.05) is 31.3 Å². The van der Waals surface area contributed by atoms with Crippen LogP contribution in [-0.2, 0) is 6.54 Å². The Labute approximate surface area is 150 Å². The molecule has 4 rings (SSSR count). The number of benzene rings is 2. The van der Waals surface area contributed by atoms with E-state index in [4.69, 9.17) is 0 Å². The summed E-state index contributed by atoms with van der Waals surface area (Å²) in [5.41, 5.74) is 5.27. The van der Waals surface area contributed by atoms with Crippen molar-refractivity contribution in [3.8, 4) is 22.5 Å². The van der Waals surface area contributed by atoms with Crippen LogP contribution in [0.25, 0.3) is 22.5 Å². The molecule has 26 heavy (non-hydrogen) atoms. The first-order valence-corrected chi connectivity index (χ1v) is 8.30. The minimum absolute atomic E-state index is 0.0348. The monoisotopic (exact) mass is 343 g/mol. The van der Waals surface area contributed by atoms with Gasteiger partial charge in [0.2, 0.25) is 0 Å². The fraction of sp³-hybridized carbons (Fsp3) is 0.100. The Bertz CT molecular complexity index is 1080. The Morgan fingerprint density at radius 3 is 2.46 bits per heavy atom. The number of hydrogen-bond donors (Lipinski definition) is 1. The van der Waals surface area contributed by atoms with Gasteiger partial charge in [0.25, 0.3) is 0 Å². The minimum Gasteiger partial charge on any atom is -0.347 e. The summed E-state index contributed by atoms with van der Waals surface area (Å²) in [5.74, 6) is 0.647. The van der Waals surface area contributed by atoms with Crippen LogP contribution in [0.2, 0.25) is 0 Å². The molecule has 0 saturated heterocycles. The zero-order valence-electron chi connectivity index (χ0n) is 14.3. The average molecular weight is 343 g/mol. The van der Waals surface area contributed by atoms with E-state index in [1.54, 1.807) is 12.1 Å². The smallest absolute Gasteiger partial charge is 0.181 e. The molecule has 1 N–H and O–H groups in total. The first-order chi connectivity index (χ1) is 12.7. The molecule has 2 aromatic carbocycles. The molecule has 0 bridgehead atoms. The van der Waals surface area contributed by atoms with E-state index in [0.29, 0.717) is 5.82 Å². The number of pyridine rings is 1. The Kier molecular flexibility index (Phi) is 4.15. The molecular formula is C20H17N5O. The number of aromatic amines is 1. The van der Waals surface area contributed by atoms with Crippen LogP contribution < -0.4 is 5.43 Å². The van der Waals surface area contributed by atoms with Gasteiger partial charge < -0.3 is 4.57 Å². The normalized spacial score (nSPS) is 10.8. The molecule has 2 aromatic heterocycles. The molecule has 0 fully saturated rings. The SMILES string of the molecule is Cc1cc(=O)ccn1Cc1ccc(-c2ccccc2-c2nnn[nH]2)cc1. The fourth-order valence-corrected chi connectivity index (χ4v) is 3.00. The number of H-pyrrole nitrogens is 1. The quantitative estimate of drug-likeness (QED) is 0.618. The van der Waals surface area contributed by atoms with E-state index in [0.717, 1.165) is 28.9 Å². The van der Waals surface area contributed by atoms with Gasteiger partial charge in [0.1, 0.15) is 0 Å². The molecule has 6 heteroatoms. The van der Waals surface area contributed by atoms with E-state index in [2.05, 4.69) is 55.5 Å². The van der Waals surface area contributed by atoms with Crippen molar-refractivity contribution in [1.29, 1.82) is 0 Å². The molecule has 6 nitrogen and oxygen atoms in total. The van der Waals surface area contributed by atoms with E-state index >= 15 is 0 Å². The predicted molar refractivity (Wildman–Crippen MR) is 99.6 cm³/mol. The van der Waals surface area contributed by atoms with Crippen molar-refractivity contribution in [3.05, 3.63) is 88.3 Å². The summed E-state index contributed by atoms with van der Waals surface area (Å²) in [6.07, 6.45) is 1.83. The third-order valence-corrected chi connectivity index (χ3v) is 4.37. The first-order valence-electron chi connectivity index (χ1n) is 8.30. The number of nitrogens with zero attached hydrogens (tertiary/aromatic N) is 4. The van der Waals surface area contributed by atoms with Gasteiger partial charge in [-0.1, -0.05) is 48.5 Å². The van der Waals surface area contributed by atoms with Crippen LogP contribution in [0.5, 0.6) is 0 Å². The number of aryl methyl sites for hydroxylation is 1. The van der Waals surface area contributed by atoms with Crippen LogP contribution in [-0.4, -0.2) is 25.2 Å². The van der Waals surface area contributed by atoms with Crippen LogP contribution in [0.4, 0.5) is 0 Å². The fourth-order valence-electron chi connectivity index (χ4n) is 3.00. The van der Waals surface area contributed by atoms with E-state index < -0.39 is 0 Å². The lowest BCUT2D eigenvalue weighted by Gasteiger charge is -2.11. The lowest BCUT2D eigenvalue weighted by atomic mass is 9.98. The first kappa shape index (κ1) is 16.0.